The molecule has 0 fully saturated rings. The summed E-state index contributed by atoms with van der Waals surface area (Å²) in [7, 11) is 1.53. The molecule has 0 saturated heterocycles. The number of alkyl halides is 3. The van der Waals surface area contributed by atoms with Crippen molar-refractivity contribution in [1.82, 2.24) is 0 Å². The standard InChI is InChI=1S/C19H17F3O4/c1-3-25-18(23)12-17(13-4-8-15(24-2)9-5-13)14-6-10-16(11-7-14)26-19(20,21)22/h4-12H,3H2,1-2H3/b17-12-. The first-order valence-electron chi connectivity index (χ1n) is 7.71. The predicted octanol–water partition coefficient (Wildman–Crippen LogP) is 4.59. The molecule has 0 unspecified atom stereocenters. The molecule has 0 atom stereocenters. The van der Waals surface area contributed by atoms with Gasteiger partial charge in [0.1, 0.15) is 11.5 Å². The summed E-state index contributed by atoms with van der Waals surface area (Å²) < 4.78 is 50.8. The Hall–Kier alpha value is -2.96. The Balaban J connectivity index is 2.38. The Morgan fingerprint density at radius 2 is 1.46 bits per heavy atom. The zero-order chi connectivity index (χ0) is 19.2. The second kappa shape index (κ2) is 8.42. The second-order valence-corrected chi connectivity index (χ2v) is 5.11. The molecule has 2 aromatic rings. The second-order valence-electron chi connectivity index (χ2n) is 5.11. The van der Waals surface area contributed by atoms with E-state index >= 15 is 0 Å². The summed E-state index contributed by atoms with van der Waals surface area (Å²) in [4.78, 5) is 11.9. The van der Waals surface area contributed by atoms with Gasteiger partial charge in [0.25, 0.3) is 0 Å². The molecule has 0 saturated carbocycles. The van der Waals surface area contributed by atoms with Gasteiger partial charge in [0.05, 0.1) is 13.7 Å². The fourth-order valence-electron chi connectivity index (χ4n) is 2.24. The molecule has 0 aromatic heterocycles. The van der Waals surface area contributed by atoms with E-state index in [0.717, 1.165) is 0 Å². The number of carbonyl (C=O) groups excluding carboxylic acids is 1. The minimum atomic E-state index is -4.76. The number of esters is 1. The molecule has 138 valence electrons. The van der Waals surface area contributed by atoms with Crippen LogP contribution < -0.4 is 9.47 Å². The van der Waals surface area contributed by atoms with E-state index in [2.05, 4.69) is 4.74 Å². The summed E-state index contributed by atoms with van der Waals surface area (Å²) in [5, 5.41) is 0. The van der Waals surface area contributed by atoms with Crippen LogP contribution in [0.4, 0.5) is 13.2 Å². The number of hydrogen-bond donors (Lipinski definition) is 0. The molecule has 0 aliphatic heterocycles. The van der Waals surface area contributed by atoms with Crippen LogP contribution in [-0.2, 0) is 9.53 Å². The van der Waals surface area contributed by atoms with E-state index in [-0.39, 0.29) is 12.4 Å². The number of ether oxygens (including phenoxy) is 3. The van der Waals surface area contributed by atoms with Gasteiger partial charge in [-0.25, -0.2) is 4.79 Å². The van der Waals surface area contributed by atoms with Crippen LogP contribution >= 0.6 is 0 Å². The Morgan fingerprint density at radius 1 is 0.962 bits per heavy atom. The number of hydrogen-bond acceptors (Lipinski definition) is 4. The van der Waals surface area contributed by atoms with Crippen molar-refractivity contribution in [3.05, 3.63) is 65.7 Å². The van der Waals surface area contributed by atoms with Crippen molar-refractivity contribution >= 4 is 11.5 Å². The van der Waals surface area contributed by atoms with Gasteiger partial charge in [-0.2, -0.15) is 0 Å². The van der Waals surface area contributed by atoms with Crippen LogP contribution in [-0.4, -0.2) is 26.0 Å². The predicted molar refractivity (Wildman–Crippen MR) is 89.8 cm³/mol. The molecule has 0 heterocycles. The summed E-state index contributed by atoms with van der Waals surface area (Å²) in [6.45, 7) is 1.89. The maximum absolute atomic E-state index is 12.3. The van der Waals surface area contributed by atoms with Crippen LogP contribution in [0, 0.1) is 0 Å². The third-order valence-electron chi connectivity index (χ3n) is 3.35. The lowest BCUT2D eigenvalue weighted by Crippen LogP contribution is -2.17. The summed E-state index contributed by atoms with van der Waals surface area (Å²) in [5.41, 5.74) is 1.73. The topological polar surface area (TPSA) is 44.8 Å². The zero-order valence-electron chi connectivity index (χ0n) is 14.2. The highest BCUT2D eigenvalue weighted by Crippen LogP contribution is 2.29. The van der Waals surface area contributed by atoms with Gasteiger partial charge in [0, 0.05) is 6.08 Å². The number of methoxy groups -OCH3 is 1. The van der Waals surface area contributed by atoms with Gasteiger partial charge in [-0.3, -0.25) is 0 Å². The molecular weight excluding hydrogens is 349 g/mol. The third-order valence-corrected chi connectivity index (χ3v) is 3.35. The monoisotopic (exact) mass is 366 g/mol. The van der Waals surface area contributed by atoms with Gasteiger partial charge in [0.15, 0.2) is 0 Å². The highest BCUT2D eigenvalue weighted by atomic mass is 19.4. The average molecular weight is 366 g/mol. The van der Waals surface area contributed by atoms with Crippen molar-refractivity contribution in [3.63, 3.8) is 0 Å². The lowest BCUT2D eigenvalue weighted by atomic mass is 9.97. The molecule has 7 heteroatoms. The van der Waals surface area contributed by atoms with Gasteiger partial charge >= 0.3 is 12.3 Å². The molecule has 2 aromatic carbocycles. The Morgan fingerprint density at radius 3 is 1.88 bits per heavy atom. The third kappa shape index (κ3) is 5.54. The molecule has 0 bridgehead atoms. The van der Waals surface area contributed by atoms with E-state index < -0.39 is 12.3 Å². The zero-order valence-corrected chi connectivity index (χ0v) is 14.2. The van der Waals surface area contributed by atoms with Gasteiger partial charge in [-0.05, 0) is 47.9 Å². The van der Waals surface area contributed by atoms with E-state index in [1.54, 1.807) is 31.2 Å². The van der Waals surface area contributed by atoms with E-state index in [1.165, 1.54) is 37.5 Å². The molecule has 0 aliphatic rings. The van der Waals surface area contributed by atoms with Crippen LogP contribution in [0.3, 0.4) is 0 Å². The number of rotatable bonds is 6. The summed E-state index contributed by atoms with van der Waals surface area (Å²) >= 11 is 0. The first-order chi connectivity index (χ1) is 12.3. The maximum atomic E-state index is 12.3. The highest BCUT2D eigenvalue weighted by molar-refractivity contribution is 5.96. The Bertz CT molecular complexity index is 763. The van der Waals surface area contributed by atoms with Crippen LogP contribution in [0.2, 0.25) is 0 Å². The minimum absolute atomic E-state index is 0.212. The van der Waals surface area contributed by atoms with Crippen molar-refractivity contribution < 1.29 is 32.2 Å². The molecule has 0 amide bonds. The Kier molecular flexibility index (Phi) is 6.27. The number of carbonyl (C=O) groups is 1. The molecule has 4 nitrogen and oxygen atoms in total. The molecule has 0 radical (unpaired) electrons. The van der Waals surface area contributed by atoms with E-state index in [9.17, 15) is 18.0 Å². The maximum Gasteiger partial charge on any atom is 0.573 e. The largest absolute Gasteiger partial charge is 0.573 e. The molecule has 0 aliphatic carbocycles. The van der Waals surface area contributed by atoms with Crippen molar-refractivity contribution in [3.8, 4) is 11.5 Å². The molecule has 26 heavy (non-hydrogen) atoms. The summed E-state index contributed by atoms with van der Waals surface area (Å²) in [6.07, 6.45) is -3.47. The summed E-state index contributed by atoms with van der Waals surface area (Å²) in [5.74, 6) is -0.251. The lowest BCUT2D eigenvalue weighted by molar-refractivity contribution is -0.274. The average Bonchev–Trinajstić information content (AvgIpc) is 2.60. The molecule has 0 N–H and O–H groups in total. The lowest BCUT2D eigenvalue weighted by Gasteiger charge is -2.12. The fraction of sp³-hybridized carbons (Fsp3) is 0.211. The van der Waals surface area contributed by atoms with Crippen molar-refractivity contribution in [2.45, 2.75) is 13.3 Å². The van der Waals surface area contributed by atoms with E-state index in [4.69, 9.17) is 9.47 Å². The van der Waals surface area contributed by atoms with Gasteiger partial charge < -0.3 is 14.2 Å². The number of halogens is 3. The smallest absolute Gasteiger partial charge is 0.497 e. The minimum Gasteiger partial charge on any atom is -0.497 e. The van der Waals surface area contributed by atoms with Crippen molar-refractivity contribution in [1.29, 1.82) is 0 Å². The molecule has 2 rings (SSSR count). The van der Waals surface area contributed by atoms with E-state index in [0.29, 0.717) is 22.4 Å². The first kappa shape index (κ1) is 19.4. The van der Waals surface area contributed by atoms with Gasteiger partial charge in [-0.1, -0.05) is 24.3 Å². The van der Waals surface area contributed by atoms with Crippen molar-refractivity contribution in [2.24, 2.45) is 0 Å². The van der Waals surface area contributed by atoms with Crippen LogP contribution in [0.1, 0.15) is 18.1 Å². The Labute approximate surface area is 148 Å². The van der Waals surface area contributed by atoms with Crippen LogP contribution in [0.25, 0.3) is 5.57 Å². The first-order valence-corrected chi connectivity index (χ1v) is 7.71. The van der Waals surface area contributed by atoms with E-state index in [1.807, 2.05) is 0 Å². The number of benzene rings is 2. The van der Waals surface area contributed by atoms with Gasteiger partial charge in [-0.15, -0.1) is 13.2 Å². The van der Waals surface area contributed by atoms with Crippen LogP contribution in [0.15, 0.2) is 54.6 Å². The van der Waals surface area contributed by atoms with Crippen LogP contribution in [0.5, 0.6) is 11.5 Å². The molecule has 0 spiro atoms. The fourth-order valence-corrected chi connectivity index (χ4v) is 2.24. The van der Waals surface area contributed by atoms with Gasteiger partial charge in [0.2, 0.25) is 0 Å². The normalized spacial score (nSPS) is 11.8. The quantitative estimate of drug-likeness (QED) is 0.554. The van der Waals surface area contributed by atoms with Crippen molar-refractivity contribution in [2.75, 3.05) is 13.7 Å². The molecular formula is C19H17F3O4. The highest BCUT2D eigenvalue weighted by Gasteiger charge is 2.31. The SMILES string of the molecule is CCOC(=O)/C=C(/c1ccc(OC)cc1)c1ccc(OC(F)(F)F)cc1. The summed E-state index contributed by atoms with van der Waals surface area (Å²) in [6, 6.07) is 12.2.